The highest BCUT2D eigenvalue weighted by Gasteiger charge is 2.38. The standard InChI is InChI=1S/C17H11F3N8O/c18-17(19,20)16-27-15(28-29-16)11-7-23-13(24-8-11)9-25-12-3-5-22-14(26-12)10-2-1-4-21-6-10/h1-8H,9H2,(H,22,25,26). The zero-order chi connectivity index (χ0) is 20.3. The number of aromatic nitrogens is 7. The molecule has 0 saturated carbocycles. The number of hydrogen-bond acceptors (Lipinski definition) is 9. The molecule has 0 spiro atoms. The molecule has 0 fully saturated rings. The molecular formula is C17H11F3N8O. The summed E-state index contributed by atoms with van der Waals surface area (Å²) in [5, 5.41) is 6.35. The van der Waals surface area contributed by atoms with Crippen molar-refractivity contribution in [3.8, 4) is 22.8 Å². The second kappa shape index (κ2) is 7.58. The van der Waals surface area contributed by atoms with Gasteiger partial charge in [-0.15, -0.1) is 0 Å². The van der Waals surface area contributed by atoms with E-state index in [2.05, 4.69) is 44.9 Å². The largest absolute Gasteiger partial charge is 0.471 e. The van der Waals surface area contributed by atoms with Crippen LogP contribution < -0.4 is 5.32 Å². The fourth-order valence-electron chi connectivity index (χ4n) is 2.28. The van der Waals surface area contributed by atoms with Crippen LogP contribution in [0.3, 0.4) is 0 Å². The number of rotatable bonds is 5. The van der Waals surface area contributed by atoms with Crippen LogP contribution in [0.15, 0.2) is 53.7 Å². The van der Waals surface area contributed by atoms with E-state index in [9.17, 15) is 13.2 Å². The third kappa shape index (κ3) is 4.31. The summed E-state index contributed by atoms with van der Waals surface area (Å²) in [5.74, 6) is -0.202. The fourth-order valence-corrected chi connectivity index (χ4v) is 2.28. The topological polar surface area (TPSA) is 115 Å². The molecule has 0 radical (unpaired) electrons. The lowest BCUT2D eigenvalue weighted by molar-refractivity contribution is -0.159. The zero-order valence-corrected chi connectivity index (χ0v) is 14.5. The van der Waals surface area contributed by atoms with Crippen molar-refractivity contribution in [2.45, 2.75) is 12.7 Å². The van der Waals surface area contributed by atoms with Crippen LogP contribution in [0, 0.1) is 0 Å². The van der Waals surface area contributed by atoms with Crippen molar-refractivity contribution in [1.82, 2.24) is 35.1 Å². The van der Waals surface area contributed by atoms with Crippen molar-refractivity contribution in [2.24, 2.45) is 0 Å². The number of alkyl halides is 3. The average Bonchev–Trinajstić information content (AvgIpc) is 3.24. The smallest absolute Gasteiger partial charge is 0.363 e. The Morgan fingerprint density at radius 2 is 1.72 bits per heavy atom. The second-order valence-corrected chi connectivity index (χ2v) is 5.67. The molecule has 0 atom stereocenters. The molecule has 0 aliphatic heterocycles. The van der Waals surface area contributed by atoms with E-state index in [1.54, 1.807) is 30.7 Å². The predicted molar refractivity (Wildman–Crippen MR) is 92.9 cm³/mol. The molecule has 0 aliphatic carbocycles. The lowest BCUT2D eigenvalue weighted by atomic mass is 10.3. The maximum atomic E-state index is 12.5. The van der Waals surface area contributed by atoms with Gasteiger partial charge >= 0.3 is 12.1 Å². The maximum Gasteiger partial charge on any atom is 0.471 e. The lowest BCUT2D eigenvalue weighted by Crippen LogP contribution is -2.06. The van der Waals surface area contributed by atoms with E-state index in [-0.39, 0.29) is 17.9 Å². The van der Waals surface area contributed by atoms with E-state index < -0.39 is 12.1 Å². The number of hydrogen-bond donors (Lipinski definition) is 1. The Morgan fingerprint density at radius 3 is 2.41 bits per heavy atom. The van der Waals surface area contributed by atoms with Crippen molar-refractivity contribution in [3.05, 3.63) is 60.9 Å². The maximum absolute atomic E-state index is 12.5. The summed E-state index contributed by atoms with van der Waals surface area (Å²) < 4.78 is 41.8. The minimum absolute atomic E-state index is 0.203. The number of nitrogens with zero attached hydrogens (tertiary/aromatic N) is 7. The third-order valence-electron chi connectivity index (χ3n) is 3.63. The SMILES string of the molecule is FC(F)(F)c1nc(-c2cnc(CNc3ccnc(-c4cccnc4)n3)nc2)no1. The van der Waals surface area contributed by atoms with Crippen molar-refractivity contribution in [1.29, 1.82) is 0 Å². The number of halogens is 3. The third-order valence-corrected chi connectivity index (χ3v) is 3.63. The van der Waals surface area contributed by atoms with Crippen LogP contribution in [0.1, 0.15) is 11.7 Å². The molecule has 4 aromatic heterocycles. The molecule has 146 valence electrons. The molecule has 0 saturated heterocycles. The van der Waals surface area contributed by atoms with Crippen LogP contribution in [0.5, 0.6) is 0 Å². The summed E-state index contributed by atoms with van der Waals surface area (Å²) in [6.07, 6.45) is 2.85. The Labute approximate surface area is 161 Å². The monoisotopic (exact) mass is 400 g/mol. The van der Waals surface area contributed by atoms with Crippen molar-refractivity contribution < 1.29 is 17.7 Å². The van der Waals surface area contributed by atoms with Crippen LogP contribution in [0.2, 0.25) is 0 Å². The molecule has 12 heteroatoms. The molecule has 4 aromatic rings. The summed E-state index contributed by atoms with van der Waals surface area (Å²) in [6, 6.07) is 5.32. The van der Waals surface area contributed by atoms with Crippen LogP contribution in [-0.2, 0) is 12.7 Å². The number of nitrogens with one attached hydrogen (secondary N) is 1. The first-order chi connectivity index (χ1) is 14.0. The molecule has 0 aliphatic rings. The highest BCUT2D eigenvalue weighted by molar-refractivity contribution is 5.55. The van der Waals surface area contributed by atoms with Gasteiger partial charge in [-0.05, 0) is 18.2 Å². The Kier molecular flexibility index (Phi) is 4.81. The van der Waals surface area contributed by atoms with Crippen molar-refractivity contribution in [2.75, 3.05) is 5.32 Å². The minimum atomic E-state index is -4.71. The van der Waals surface area contributed by atoms with Gasteiger partial charge in [0.15, 0.2) is 5.82 Å². The van der Waals surface area contributed by atoms with Gasteiger partial charge in [-0.1, -0.05) is 5.16 Å². The van der Waals surface area contributed by atoms with Gasteiger partial charge in [-0.3, -0.25) is 4.98 Å². The predicted octanol–water partition coefficient (Wildman–Crippen LogP) is 3.01. The van der Waals surface area contributed by atoms with Crippen molar-refractivity contribution >= 4 is 5.82 Å². The zero-order valence-electron chi connectivity index (χ0n) is 14.5. The molecule has 4 rings (SSSR count). The molecule has 0 bridgehead atoms. The number of anilines is 1. The van der Waals surface area contributed by atoms with E-state index in [1.807, 2.05) is 6.07 Å². The summed E-state index contributed by atoms with van der Waals surface area (Å²) in [6.45, 7) is 0.240. The summed E-state index contributed by atoms with van der Waals surface area (Å²) in [4.78, 5) is 24.1. The first kappa shape index (κ1) is 18.4. The first-order valence-electron chi connectivity index (χ1n) is 8.18. The Hall–Kier alpha value is -3.96. The molecule has 4 heterocycles. The van der Waals surface area contributed by atoms with Gasteiger partial charge in [0, 0.05) is 36.5 Å². The van der Waals surface area contributed by atoms with Crippen LogP contribution >= 0.6 is 0 Å². The molecule has 9 nitrogen and oxygen atoms in total. The van der Waals surface area contributed by atoms with Gasteiger partial charge in [0.1, 0.15) is 11.6 Å². The lowest BCUT2D eigenvalue weighted by Gasteiger charge is -2.06. The number of pyridine rings is 1. The van der Waals surface area contributed by atoms with Crippen LogP contribution in [-0.4, -0.2) is 35.1 Å². The van der Waals surface area contributed by atoms with Crippen LogP contribution in [0.25, 0.3) is 22.8 Å². The summed E-state index contributed by atoms with van der Waals surface area (Å²) in [7, 11) is 0. The van der Waals surface area contributed by atoms with E-state index in [0.717, 1.165) is 5.56 Å². The van der Waals surface area contributed by atoms with E-state index in [0.29, 0.717) is 17.5 Å². The highest BCUT2D eigenvalue weighted by atomic mass is 19.4. The molecular weight excluding hydrogens is 389 g/mol. The normalized spacial score (nSPS) is 11.4. The molecule has 0 amide bonds. The molecule has 0 aromatic carbocycles. The van der Waals surface area contributed by atoms with Gasteiger partial charge in [0.2, 0.25) is 5.82 Å². The quantitative estimate of drug-likeness (QED) is 0.540. The van der Waals surface area contributed by atoms with Crippen molar-refractivity contribution in [3.63, 3.8) is 0 Å². The Morgan fingerprint density at radius 1 is 0.897 bits per heavy atom. The fraction of sp³-hybridized carbons (Fsp3) is 0.118. The van der Waals surface area contributed by atoms with Gasteiger partial charge in [0.05, 0.1) is 12.1 Å². The Balaban J connectivity index is 1.43. The highest BCUT2D eigenvalue weighted by Crippen LogP contribution is 2.29. The van der Waals surface area contributed by atoms with E-state index in [4.69, 9.17) is 0 Å². The molecule has 1 N–H and O–H groups in total. The van der Waals surface area contributed by atoms with E-state index >= 15 is 0 Å². The minimum Gasteiger partial charge on any atom is -0.363 e. The van der Waals surface area contributed by atoms with Gasteiger partial charge in [0.25, 0.3) is 0 Å². The molecule has 0 unspecified atom stereocenters. The van der Waals surface area contributed by atoms with E-state index in [1.165, 1.54) is 12.4 Å². The Bertz CT molecular complexity index is 1100. The van der Waals surface area contributed by atoms with Gasteiger partial charge in [-0.2, -0.15) is 18.2 Å². The van der Waals surface area contributed by atoms with Gasteiger partial charge in [-0.25, -0.2) is 19.9 Å². The molecule has 29 heavy (non-hydrogen) atoms. The summed E-state index contributed by atoms with van der Waals surface area (Å²) in [5.41, 5.74) is 0.976. The van der Waals surface area contributed by atoms with Crippen LogP contribution in [0.4, 0.5) is 19.0 Å². The first-order valence-corrected chi connectivity index (χ1v) is 8.18. The second-order valence-electron chi connectivity index (χ2n) is 5.67. The summed E-state index contributed by atoms with van der Waals surface area (Å²) >= 11 is 0. The average molecular weight is 400 g/mol. The van der Waals surface area contributed by atoms with Gasteiger partial charge < -0.3 is 9.84 Å².